The lowest BCUT2D eigenvalue weighted by Crippen LogP contribution is -2.40. The van der Waals surface area contributed by atoms with Crippen LogP contribution in [0.4, 0.5) is 14.5 Å². The van der Waals surface area contributed by atoms with Crippen LogP contribution in [0.2, 0.25) is 0 Å². The maximum atomic E-state index is 13.1. The molecule has 0 aliphatic carbocycles. The highest BCUT2D eigenvalue weighted by atomic mass is 19.2. The molecule has 0 spiro atoms. The molecule has 0 fully saturated rings. The van der Waals surface area contributed by atoms with Gasteiger partial charge < -0.3 is 15.4 Å². The number of anilines is 1. The molecule has 0 saturated heterocycles. The van der Waals surface area contributed by atoms with Crippen LogP contribution in [0.5, 0.6) is 0 Å². The molecule has 0 unspecified atom stereocenters. The van der Waals surface area contributed by atoms with E-state index in [-0.39, 0.29) is 5.69 Å². The Morgan fingerprint density at radius 1 is 1.07 bits per heavy atom. The zero-order valence-corrected chi connectivity index (χ0v) is 14.7. The molecule has 2 amide bonds. The largest absolute Gasteiger partial charge is 0.454 e. The smallest absolute Gasteiger partial charge is 0.328 e. The third-order valence-corrected chi connectivity index (χ3v) is 3.53. The summed E-state index contributed by atoms with van der Waals surface area (Å²) in [5.41, 5.74) is 1.31. The molecule has 0 bridgehead atoms. The third-order valence-electron chi connectivity index (χ3n) is 3.53. The number of benzene rings is 2. The predicted molar refractivity (Wildman–Crippen MR) is 94.1 cm³/mol. The minimum Gasteiger partial charge on any atom is -0.454 e. The van der Waals surface area contributed by atoms with Gasteiger partial charge in [0.15, 0.2) is 18.2 Å². The van der Waals surface area contributed by atoms with E-state index in [4.69, 9.17) is 4.74 Å². The van der Waals surface area contributed by atoms with Gasteiger partial charge in [-0.15, -0.1) is 0 Å². The summed E-state index contributed by atoms with van der Waals surface area (Å²) in [6, 6.07) is 8.69. The number of nitrogens with one attached hydrogen (secondary N) is 2. The lowest BCUT2D eigenvalue weighted by Gasteiger charge is -2.13. The van der Waals surface area contributed by atoms with Crippen molar-refractivity contribution in [1.82, 2.24) is 5.32 Å². The van der Waals surface area contributed by atoms with Crippen LogP contribution in [0.15, 0.2) is 42.5 Å². The molecule has 2 N–H and O–H groups in total. The van der Waals surface area contributed by atoms with Gasteiger partial charge in [-0.05, 0) is 38.1 Å². The fourth-order valence-electron chi connectivity index (χ4n) is 2.16. The maximum absolute atomic E-state index is 13.1. The van der Waals surface area contributed by atoms with Crippen molar-refractivity contribution in [2.75, 3.05) is 11.9 Å². The van der Waals surface area contributed by atoms with Crippen LogP contribution in [0.25, 0.3) is 0 Å². The zero-order valence-electron chi connectivity index (χ0n) is 14.7. The molecular weight excluding hydrogens is 358 g/mol. The minimum atomic E-state index is -1.11. The molecule has 0 aliphatic heterocycles. The van der Waals surface area contributed by atoms with Crippen LogP contribution >= 0.6 is 0 Å². The molecule has 142 valence electrons. The highest BCUT2D eigenvalue weighted by molar-refractivity contribution is 5.97. The highest BCUT2D eigenvalue weighted by Crippen LogP contribution is 2.13. The summed E-state index contributed by atoms with van der Waals surface area (Å²) in [6.45, 7) is 2.62. The summed E-state index contributed by atoms with van der Waals surface area (Å²) in [6.07, 6.45) is 0. The normalized spacial score (nSPS) is 11.4. The molecule has 27 heavy (non-hydrogen) atoms. The highest BCUT2D eigenvalue weighted by Gasteiger charge is 2.19. The van der Waals surface area contributed by atoms with E-state index in [1.807, 2.05) is 13.0 Å². The van der Waals surface area contributed by atoms with Gasteiger partial charge in [0.05, 0.1) is 0 Å². The first-order valence-corrected chi connectivity index (χ1v) is 8.05. The van der Waals surface area contributed by atoms with Crippen molar-refractivity contribution in [3.05, 3.63) is 65.2 Å². The van der Waals surface area contributed by atoms with Gasteiger partial charge in [0.2, 0.25) is 0 Å². The maximum Gasteiger partial charge on any atom is 0.328 e. The van der Waals surface area contributed by atoms with E-state index in [0.29, 0.717) is 5.56 Å². The van der Waals surface area contributed by atoms with E-state index in [2.05, 4.69) is 10.6 Å². The second-order valence-electron chi connectivity index (χ2n) is 5.85. The predicted octanol–water partition coefficient (Wildman–Crippen LogP) is 2.57. The van der Waals surface area contributed by atoms with Crippen molar-refractivity contribution in [2.45, 2.75) is 19.9 Å². The van der Waals surface area contributed by atoms with Crippen LogP contribution in [-0.2, 0) is 14.3 Å². The second-order valence-corrected chi connectivity index (χ2v) is 5.85. The quantitative estimate of drug-likeness (QED) is 0.759. The Kier molecular flexibility index (Phi) is 6.59. The number of hydrogen-bond donors (Lipinski definition) is 2. The van der Waals surface area contributed by atoms with E-state index < -0.39 is 42.1 Å². The molecule has 2 aromatic rings. The molecule has 1 atom stereocenters. The summed E-state index contributed by atoms with van der Waals surface area (Å²) in [5.74, 6) is -4.15. The SMILES string of the molecule is Cc1cccc(C(=O)N[C@@H](C)C(=O)OCC(=O)Nc2ccc(F)c(F)c2)c1. The summed E-state index contributed by atoms with van der Waals surface area (Å²) < 4.78 is 30.7. The van der Waals surface area contributed by atoms with Crippen LogP contribution in [-0.4, -0.2) is 30.4 Å². The second kappa shape index (κ2) is 8.88. The number of carbonyl (C=O) groups is 3. The average Bonchev–Trinajstić information content (AvgIpc) is 2.62. The molecule has 8 heteroatoms. The molecule has 0 radical (unpaired) electrons. The number of rotatable bonds is 6. The van der Waals surface area contributed by atoms with Crippen molar-refractivity contribution >= 4 is 23.5 Å². The Hall–Kier alpha value is -3.29. The number of hydrogen-bond acceptors (Lipinski definition) is 4. The van der Waals surface area contributed by atoms with E-state index in [9.17, 15) is 23.2 Å². The monoisotopic (exact) mass is 376 g/mol. The Morgan fingerprint density at radius 2 is 1.81 bits per heavy atom. The first-order valence-electron chi connectivity index (χ1n) is 8.05. The Balaban J connectivity index is 1.82. The fourth-order valence-corrected chi connectivity index (χ4v) is 2.16. The van der Waals surface area contributed by atoms with Gasteiger partial charge in [0.25, 0.3) is 11.8 Å². The van der Waals surface area contributed by atoms with Gasteiger partial charge in [-0.25, -0.2) is 13.6 Å². The summed E-state index contributed by atoms with van der Waals surface area (Å²) in [4.78, 5) is 35.7. The Morgan fingerprint density at radius 3 is 2.48 bits per heavy atom. The first kappa shape index (κ1) is 20.0. The van der Waals surface area contributed by atoms with Crippen LogP contribution < -0.4 is 10.6 Å². The lowest BCUT2D eigenvalue weighted by atomic mass is 10.1. The zero-order chi connectivity index (χ0) is 20.0. The average molecular weight is 376 g/mol. The number of esters is 1. The molecule has 0 saturated carbocycles. The number of amides is 2. The van der Waals surface area contributed by atoms with Gasteiger partial charge in [0.1, 0.15) is 6.04 Å². The molecule has 6 nitrogen and oxygen atoms in total. The third kappa shape index (κ3) is 5.88. The van der Waals surface area contributed by atoms with Crippen molar-refractivity contribution in [1.29, 1.82) is 0 Å². The lowest BCUT2D eigenvalue weighted by molar-refractivity contribution is -0.148. The van der Waals surface area contributed by atoms with Crippen molar-refractivity contribution in [3.8, 4) is 0 Å². The van der Waals surface area contributed by atoms with E-state index in [1.54, 1.807) is 18.2 Å². The molecule has 0 aromatic heterocycles. The topological polar surface area (TPSA) is 84.5 Å². The molecule has 0 aliphatic rings. The molecule has 0 heterocycles. The number of carbonyl (C=O) groups excluding carboxylic acids is 3. The van der Waals surface area contributed by atoms with E-state index >= 15 is 0 Å². The summed E-state index contributed by atoms with van der Waals surface area (Å²) >= 11 is 0. The molecule has 2 aromatic carbocycles. The Bertz CT molecular complexity index is 871. The number of ether oxygens (including phenoxy) is 1. The summed E-state index contributed by atoms with van der Waals surface area (Å²) in [7, 11) is 0. The molecular formula is C19H18F2N2O4. The van der Waals surface area contributed by atoms with E-state index in [0.717, 1.165) is 17.7 Å². The van der Waals surface area contributed by atoms with E-state index in [1.165, 1.54) is 13.0 Å². The molecule has 2 rings (SSSR count). The first-order chi connectivity index (χ1) is 12.8. The van der Waals surface area contributed by atoms with Crippen molar-refractivity contribution < 1.29 is 27.9 Å². The van der Waals surface area contributed by atoms with Gasteiger partial charge in [-0.1, -0.05) is 17.7 Å². The Labute approximate surface area is 154 Å². The van der Waals surface area contributed by atoms with Gasteiger partial charge >= 0.3 is 5.97 Å². The van der Waals surface area contributed by atoms with Crippen LogP contribution in [0, 0.1) is 18.6 Å². The van der Waals surface area contributed by atoms with Gasteiger partial charge in [0, 0.05) is 17.3 Å². The number of aryl methyl sites for hydroxylation is 1. The van der Waals surface area contributed by atoms with Gasteiger partial charge in [-0.3, -0.25) is 9.59 Å². The van der Waals surface area contributed by atoms with Gasteiger partial charge in [-0.2, -0.15) is 0 Å². The summed E-state index contributed by atoms with van der Waals surface area (Å²) in [5, 5.41) is 4.74. The van der Waals surface area contributed by atoms with Crippen molar-refractivity contribution in [2.24, 2.45) is 0 Å². The van der Waals surface area contributed by atoms with Crippen LogP contribution in [0.3, 0.4) is 0 Å². The standard InChI is InChI=1S/C19H18F2N2O4/c1-11-4-3-5-13(8-11)18(25)22-12(2)19(26)27-10-17(24)23-14-6-7-15(20)16(21)9-14/h3-9,12H,10H2,1-2H3,(H,22,25)(H,23,24)/t12-/m0/s1. The van der Waals surface area contributed by atoms with Crippen molar-refractivity contribution in [3.63, 3.8) is 0 Å². The fraction of sp³-hybridized carbons (Fsp3) is 0.211. The number of halogens is 2. The minimum absolute atomic E-state index is 0.0238. The van der Waals surface area contributed by atoms with Crippen LogP contribution in [0.1, 0.15) is 22.8 Å².